The van der Waals surface area contributed by atoms with Crippen LogP contribution in [0.4, 0.5) is 18.9 Å². The Kier molecular flexibility index (Phi) is 9.56. The van der Waals surface area contributed by atoms with E-state index in [2.05, 4.69) is 5.32 Å². The molecule has 2 aromatic carbocycles. The second kappa shape index (κ2) is 11.8. The van der Waals surface area contributed by atoms with Gasteiger partial charge in [0.1, 0.15) is 12.6 Å². The molecule has 0 aromatic heterocycles. The smallest absolute Gasteiger partial charge is 0.354 e. The predicted molar refractivity (Wildman–Crippen MR) is 128 cm³/mol. The summed E-state index contributed by atoms with van der Waals surface area (Å²) < 4.78 is 65.6. The predicted octanol–water partition coefficient (Wildman–Crippen LogP) is 4.07. The summed E-state index contributed by atoms with van der Waals surface area (Å²) in [6.45, 7) is 2.93. The maximum atomic E-state index is 13.3. The molecule has 0 aliphatic heterocycles. The molecule has 1 N–H and O–H groups in total. The summed E-state index contributed by atoms with van der Waals surface area (Å²) >= 11 is 5.66. The molecule has 2 rings (SSSR count). The summed E-state index contributed by atoms with van der Waals surface area (Å²) in [4.78, 5) is 27.1. The molecule has 12 heteroatoms. The first kappa shape index (κ1) is 28.4. The number of halogens is 4. The molecule has 192 valence electrons. The Bertz CT molecular complexity index is 1140. The summed E-state index contributed by atoms with van der Waals surface area (Å²) in [5.74, 6) is -1.20. The maximum absolute atomic E-state index is 13.3. The van der Waals surface area contributed by atoms with Gasteiger partial charge in [-0.2, -0.15) is 13.2 Å². The molecule has 0 saturated carbocycles. The number of amides is 2. The van der Waals surface area contributed by atoms with Crippen molar-refractivity contribution in [2.75, 3.05) is 23.7 Å². The third kappa shape index (κ3) is 7.86. The summed E-state index contributed by atoms with van der Waals surface area (Å²) in [7, 11) is -4.18. The summed E-state index contributed by atoms with van der Waals surface area (Å²) in [5.41, 5.74) is -0.917. The van der Waals surface area contributed by atoms with Crippen LogP contribution in [0.3, 0.4) is 0 Å². The Morgan fingerprint density at radius 2 is 1.74 bits per heavy atom. The first-order chi connectivity index (χ1) is 16.3. The van der Waals surface area contributed by atoms with E-state index in [0.717, 1.165) is 18.4 Å². The van der Waals surface area contributed by atoms with E-state index < -0.39 is 51.2 Å². The fourth-order valence-corrected chi connectivity index (χ4v) is 4.32. The Balaban J connectivity index is 2.44. The molecule has 0 fully saturated rings. The summed E-state index contributed by atoms with van der Waals surface area (Å²) in [6, 6.07) is 10.4. The summed E-state index contributed by atoms with van der Waals surface area (Å²) in [6.07, 6.45) is -3.38. The third-order valence-electron chi connectivity index (χ3n) is 5.13. The van der Waals surface area contributed by atoms with Crippen LogP contribution in [0.1, 0.15) is 31.4 Å². The second-order valence-corrected chi connectivity index (χ2v) is 10.2. The molecular weight excluding hydrogens is 507 g/mol. The highest BCUT2D eigenvalue weighted by Crippen LogP contribution is 2.37. The molecule has 0 aliphatic carbocycles. The largest absolute Gasteiger partial charge is 0.417 e. The average Bonchev–Trinajstić information content (AvgIpc) is 2.78. The number of carbonyl (C=O) groups is 2. The van der Waals surface area contributed by atoms with E-state index in [1.54, 1.807) is 30.3 Å². The van der Waals surface area contributed by atoms with E-state index in [1.807, 2.05) is 6.92 Å². The standard InChI is InChI=1S/C23H27ClF3N3O4S/c1-4-12-28-22(32)16(2)29(14-17-8-6-5-7-9-17)21(31)15-30(35(3,33)34)18-10-11-20(24)19(13-18)23(25,26)27/h5-11,13,16H,4,12,14-15H2,1-3H3,(H,28,32). The Labute approximate surface area is 207 Å². The molecule has 0 heterocycles. The van der Waals surface area contributed by atoms with Gasteiger partial charge in [0, 0.05) is 13.1 Å². The van der Waals surface area contributed by atoms with Crippen molar-refractivity contribution >= 4 is 39.1 Å². The van der Waals surface area contributed by atoms with Gasteiger partial charge in [0.25, 0.3) is 0 Å². The van der Waals surface area contributed by atoms with Gasteiger partial charge >= 0.3 is 6.18 Å². The minimum atomic E-state index is -4.83. The van der Waals surface area contributed by atoms with Crippen molar-refractivity contribution < 1.29 is 31.2 Å². The number of rotatable bonds is 10. The van der Waals surface area contributed by atoms with Crippen molar-refractivity contribution in [3.8, 4) is 0 Å². The van der Waals surface area contributed by atoms with Crippen LogP contribution in [-0.2, 0) is 32.3 Å². The van der Waals surface area contributed by atoms with Crippen LogP contribution < -0.4 is 9.62 Å². The Hall–Kier alpha value is -2.79. The van der Waals surface area contributed by atoms with Gasteiger partial charge in [-0.05, 0) is 37.1 Å². The maximum Gasteiger partial charge on any atom is 0.417 e. The van der Waals surface area contributed by atoms with Crippen LogP contribution in [0.15, 0.2) is 48.5 Å². The number of nitrogens with zero attached hydrogens (tertiary/aromatic N) is 2. The van der Waals surface area contributed by atoms with Crippen LogP contribution in [0.2, 0.25) is 5.02 Å². The molecule has 0 radical (unpaired) electrons. The lowest BCUT2D eigenvalue weighted by Gasteiger charge is -2.31. The third-order valence-corrected chi connectivity index (χ3v) is 6.60. The van der Waals surface area contributed by atoms with Gasteiger partial charge in [-0.3, -0.25) is 13.9 Å². The number of carbonyl (C=O) groups excluding carboxylic acids is 2. The lowest BCUT2D eigenvalue weighted by molar-refractivity contribution is -0.139. The first-order valence-corrected chi connectivity index (χ1v) is 12.9. The van der Waals surface area contributed by atoms with Crippen LogP contribution >= 0.6 is 11.6 Å². The van der Waals surface area contributed by atoms with Crippen LogP contribution in [0.5, 0.6) is 0 Å². The molecule has 35 heavy (non-hydrogen) atoms. The second-order valence-electron chi connectivity index (χ2n) is 7.91. The van der Waals surface area contributed by atoms with Crippen LogP contribution in [-0.4, -0.2) is 50.5 Å². The highest BCUT2D eigenvalue weighted by atomic mass is 35.5. The van der Waals surface area contributed by atoms with Crippen molar-refractivity contribution in [2.24, 2.45) is 0 Å². The summed E-state index contributed by atoms with van der Waals surface area (Å²) in [5, 5.41) is 2.09. The van der Waals surface area contributed by atoms with E-state index in [4.69, 9.17) is 11.6 Å². The van der Waals surface area contributed by atoms with Crippen molar-refractivity contribution in [3.63, 3.8) is 0 Å². The molecule has 0 saturated heterocycles. The minimum Gasteiger partial charge on any atom is -0.354 e. The minimum absolute atomic E-state index is 0.00753. The lowest BCUT2D eigenvalue weighted by atomic mass is 10.1. The molecular formula is C23H27ClF3N3O4S. The zero-order valence-corrected chi connectivity index (χ0v) is 21.0. The van der Waals surface area contributed by atoms with E-state index in [0.29, 0.717) is 28.9 Å². The van der Waals surface area contributed by atoms with Crippen molar-refractivity contribution in [1.29, 1.82) is 0 Å². The van der Waals surface area contributed by atoms with Gasteiger partial charge in [0.2, 0.25) is 21.8 Å². The number of alkyl halides is 3. The molecule has 2 amide bonds. The van der Waals surface area contributed by atoms with E-state index >= 15 is 0 Å². The van der Waals surface area contributed by atoms with E-state index in [9.17, 15) is 31.2 Å². The Morgan fingerprint density at radius 1 is 1.11 bits per heavy atom. The van der Waals surface area contributed by atoms with Crippen LogP contribution in [0.25, 0.3) is 0 Å². The molecule has 2 aromatic rings. The Morgan fingerprint density at radius 3 is 2.29 bits per heavy atom. The van der Waals surface area contributed by atoms with E-state index in [1.165, 1.54) is 11.8 Å². The van der Waals surface area contributed by atoms with Gasteiger partial charge in [-0.1, -0.05) is 48.9 Å². The fraction of sp³-hybridized carbons (Fsp3) is 0.391. The number of hydrogen-bond donors (Lipinski definition) is 1. The lowest BCUT2D eigenvalue weighted by Crippen LogP contribution is -2.51. The fourth-order valence-electron chi connectivity index (χ4n) is 3.26. The number of anilines is 1. The van der Waals surface area contributed by atoms with Crippen molar-refractivity contribution in [1.82, 2.24) is 10.2 Å². The molecule has 0 spiro atoms. The first-order valence-electron chi connectivity index (χ1n) is 10.7. The van der Waals surface area contributed by atoms with Crippen molar-refractivity contribution in [2.45, 2.75) is 39.0 Å². The highest BCUT2D eigenvalue weighted by molar-refractivity contribution is 7.92. The van der Waals surface area contributed by atoms with Gasteiger partial charge in [0.15, 0.2) is 0 Å². The number of nitrogens with one attached hydrogen (secondary N) is 1. The molecule has 0 bridgehead atoms. The molecule has 7 nitrogen and oxygen atoms in total. The van der Waals surface area contributed by atoms with Gasteiger partial charge in [-0.25, -0.2) is 8.42 Å². The van der Waals surface area contributed by atoms with Crippen LogP contribution in [0, 0.1) is 0 Å². The quantitative estimate of drug-likeness (QED) is 0.499. The zero-order chi connectivity index (χ0) is 26.4. The molecule has 1 atom stereocenters. The monoisotopic (exact) mass is 533 g/mol. The topological polar surface area (TPSA) is 86.8 Å². The highest BCUT2D eigenvalue weighted by Gasteiger charge is 2.35. The SMILES string of the molecule is CCCNC(=O)C(C)N(Cc1ccccc1)C(=O)CN(c1ccc(Cl)c(C(F)(F)F)c1)S(C)(=O)=O. The normalized spacial score (nSPS) is 12.7. The van der Waals surface area contributed by atoms with Gasteiger partial charge < -0.3 is 10.2 Å². The molecule has 1 unspecified atom stereocenters. The van der Waals surface area contributed by atoms with E-state index in [-0.39, 0.29) is 12.2 Å². The number of benzene rings is 2. The van der Waals surface area contributed by atoms with Gasteiger partial charge in [0.05, 0.1) is 22.5 Å². The average molecular weight is 534 g/mol. The van der Waals surface area contributed by atoms with Crippen molar-refractivity contribution in [3.05, 3.63) is 64.7 Å². The zero-order valence-electron chi connectivity index (χ0n) is 19.5. The number of sulfonamides is 1. The number of hydrogen-bond acceptors (Lipinski definition) is 4. The van der Waals surface area contributed by atoms with Gasteiger partial charge in [-0.15, -0.1) is 0 Å². The molecule has 0 aliphatic rings.